The monoisotopic (exact) mass is 473 g/mol. The molecular formula is C24H29F2N5O3. The minimum absolute atomic E-state index is 0.0363. The molecule has 0 aliphatic heterocycles. The summed E-state index contributed by atoms with van der Waals surface area (Å²) >= 11 is 0. The van der Waals surface area contributed by atoms with Gasteiger partial charge in [0.05, 0.1) is 20.8 Å². The van der Waals surface area contributed by atoms with Crippen molar-refractivity contribution in [3.8, 4) is 11.5 Å². The fourth-order valence-electron chi connectivity index (χ4n) is 3.49. The largest absolute Gasteiger partial charge is 0.494 e. The Hall–Kier alpha value is -3.50. The smallest absolute Gasteiger partial charge is 0.171 e. The van der Waals surface area contributed by atoms with Gasteiger partial charge in [-0.3, -0.25) is 0 Å². The summed E-state index contributed by atoms with van der Waals surface area (Å²) < 4.78 is 44.8. The Bertz CT molecular complexity index is 1130. The number of nitrogens with one attached hydrogen (secondary N) is 4. The van der Waals surface area contributed by atoms with E-state index in [1.54, 1.807) is 25.7 Å². The Morgan fingerprint density at radius 1 is 1.09 bits per heavy atom. The molecular weight excluding hydrogens is 444 g/mol. The van der Waals surface area contributed by atoms with Crippen molar-refractivity contribution >= 4 is 22.8 Å². The molecule has 2 aromatic heterocycles. The van der Waals surface area contributed by atoms with E-state index in [2.05, 4.69) is 20.6 Å². The van der Waals surface area contributed by atoms with E-state index in [-0.39, 0.29) is 23.5 Å². The first kappa shape index (κ1) is 25.1. The van der Waals surface area contributed by atoms with Crippen LogP contribution in [0.4, 0.5) is 8.78 Å². The molecule has 0 aliphatic rings. The van der Waals surface area contributed by atoms with Crippen molar-refractivity contribution in [2.75, 3.05) is 47.6 Å². The number of halogens is 2. The van der Waals surface area contributed by atoms with Crippen LogP contribution in [-0.2, 0) is 11.2 Å². The van der Waals surface area contributed by atoms with Crippen molar-refractivity contribution in [3.05, 3.63) is 59.1 Å². The van der Waals surface area contributed by atoms with Crippen LogP contribution in [-0.4, -0.2) is 63.8 Å². The van der Waals surface area contributed by atoms with Gasteiger partial charge in [-0.15, -0.1) is 0 Å². The summed E-state index contributed by atoms with van der Waals surface area (Å²) in [6.07, 6.45) is 6.25. The first-order valence-corrected chi connectivity index (χ1v) is 10.7. The standard InChI is InChI=1S/C24H29F2N5O3/c1-32-7-6-28-4-5-29-12-17(11-27)15-8-18-16(14-31-24(18)30-13-15)9-19-22(25)20(33-2)10-21(34-3)23(19)26/h8,10-14,27-29H,4-7,9H2,1-3H3,(H,30,31)/b17-12+,27-11?. The van der Waals surface area contributed by atoms with E-state index in [1.807, 2.05) is 6.07 Å². The highest BCUT2D eigenvalue weighted by Crippen LogP contribution is 2.34. The van der Waals surface area contributed by atoms with Crippen LogP contribution in [0.2, 0.25) is 0 Å². The van der Waals surface area contributed by atoms with Gasteiger partial charge in [-0.2, -0.15) is 0 Å². The van der Waals surface area contributed by atoms with Crippen molar-refractivity contribution in [3.63, 3.8) is 0 Å². The number of pyridine rings is 1. The number of benzene rings is 1. The third-order valence-corrected chi connectivity index (χ3v) is 5.32. The van der Waals surface area contributed by atoms with Crippen molar-refractivity contribution in [2.45, 2.75) is 6.42 Å². The number of fused-ring (bicyclic) bond motifs is 1. The molecule has 3 rings (SSSR count). The summed E-state index contributed by atoms with van der Waals surface area (Å²) in [5, 5.41) is 14.9. The molecule has 1 aromatic carbocycles. The Kier molecular flexibility index (Phi) is 8.94. The molecule has 2 heterocycles. The number of allylic oxidation sites excluding steroid dienone is 1. The number of aromatic amines is 1. The van der Waals surface area contributed by atoms with Crippen LogP contribution >= 0.6 is 0 Å². The fourth-order valence-corrected chi connectivity index (χ4v) is 3.49. The van der Waals surface area contributed by atoms with Crippen LogP contribution in [0.5, 0.6) is 11.5 Å². The number of H-pyrrole nitrogens is 1. The summed E-state index contributed by atoms with van der Waals surface area (Å²) in [5.74, 6) is -1.74. The summed E-state index contributed by atoms with van der Waals surface area (Å²) in [6.45, 7) is 2.81. The molecule has 8 nitrogen and oxygen atoms in total. The zero-order valence-corrected chi connectivity index (χ0v) is 19.4. The number of ether oxygens (including phenoxy) is 3. The van der Waals surface area contributed by atoms with Gasteiger partial charge in [-0.25, -0.2) is 13.8 Å². The molecule has 0 unspecified atom stereocenters. The van der Waals surface area contributed by atoms with Gasteiger partial charge in [0.15, 0.2) is 23.1 Å². The van der Waals surface area contributed by atoms with Gasteiger partial charge in [0.1, 0.15) is 5.65 Å². The van der Waals surface area contributed by atoms with E-state index < -0.39 is 11.6 Å². The van der Waals surface area contributed by atoms with Crippen molar-refractivity contribution in [1.82, 2.24) is 20.6 Å². The summed E-state index contributed by atoms with van der Waals surface area (Å²) in [7, 11) is 4.28. The molecule has 0 saturated heterocycles. The Labute approximate surface area is 196 Å². The zero-order chi connectivity index (χ0) is 24.5. The Morgan fingerprint density at radius 2 is 1.82 bits per heavy atom. The van der Waals surface area contributed by atoms with Gasteiger partial charge in [0.25, 0.3) is 0 Å². The SMILES string of the molecule is COCCNCCN/C=C(\C=N)c1cnc2[nH]cc(Cc3c(F)c(OC)cc(OC)c3F)c2c1. The highest BCUT2D eigenvalue weighted by atomic mass is 19.1. The maximum Gasteiger partial charge on any atom is 0.171 e. The molecule has 0 amide bonds. The Balaban J connectivity index is 1.85. The minimum Gasteiger partial charge on any atom is -0.494 e. The van der Waals surface area contributed by atoms with E-state index in [9.17, 15) is 8.78 Å². The van der Waals surface area contributed by atoms with Gasteiger partial charge in [-0.1, -0.05) is 0 Å². The Morgan fingerprint density at radius 3 is 2.47 bits per heavy atom. The molecule has 10 heteroatoms. The second-order valence-corrected chi connectivity index (χ2v) is 7.44. The van der Waals surface area contributed by atoms with Crippen LogP contribution in [0.25, 0.3) is 16.6 Å². The molecule has 0 atom stereocenters. The van der Waals surface area contributed by atoms with Crippen LogP contribution in [0, 0.1) is 17.0 Å². The topological polar surface area (TPSA) is 104 Å². The fraction of sp³-hybridized carbons (Fsp3) is 0.333. The van der Waals surface area contributed by atoms with Crippen LogP contribution in [0.15, 0.2) is 30.7 Å². The third-order valence-electron chi connectivity index (χ3n) is 5.32. The van der Waals surface area contributed by atoms with Gasteiger partial charge in [0, 0.05) is 86.1 Å². The predicted molar refractivity (Wildman–Crippen MR) is 128 cm³/mol. The van der Waals surface area contributed by atoms with E-state index in [0.29, 0.717) is 40.9 Å². The molecule has 34 heavy (non-hydrogen) atoms. The summed E-state index contributed by atoms with van der Waals surface area (Å²) in [5.41, 5.74) is 2.39. The minimum atomic E-state index is -0.775. The lowest BCUT2D eigenvalue weighted by molar-refractivity contribution is 0.199. The predicted octanol–water partition coefficient (Wildman–Crippen LogP) is 3.27. The van der Waals surface area contributed by atoms with E-state index in [4.69, 9.17) is 19.6 Å². The van der Waals surface area contributed by atoms with E-state index in [0.717, 1.165) is 13.1 Å². The summed E-state index contributed by atoms with van der Waals surface area (Å²) in [6, 6.07) is 3.03. The second kappa shape index (κ2) is 12.1. The van der Waals surface area contributed by atoms with Crippen LogP contribution < -0.4 is 20.1 Å². The van der Waals surface area contributed by atoms with Crippen molar-refractivity contribution in [1.29, 1.82) is 5.41 Å². The molecule has 182 valence electrons. The number of hydrogen-bond acceptors (Lipinski definition) is 7. The second-order valence-electron chi connectivity index (χ2n) is 7.44. The average Bonchev–Trinajstić information content (AvgIpc) is 3.25. The highest BCUT2D eigenvalue weighted by molar-refractivity contribution is 6.09. The zero-order valence-electron chi connectivity index (χ0n) is 19.4. The average molecular weight is 474 g/mol. The molecule has 0 bridgehead atoms. The first-order valence-electron chi connectivity index (χ1n) is 10.7. The maximum absolute atomic E-state index is 14.9. The van der Waals surface area contributed by atoms with E-state index >= 15 is 0 Å². The quantitative estimate of drug-likeness (QED) is 0.224. The lowest BCUT2D eigenvalue weighted by Gasteiger charge is -2.12. The molecule has 0 aliphatic carbocycles. The van der Waals surface area contributed by atoms with Gasteiger partial charge in [-0.05, 0) is 11.6 Å². The number of methoxy groups -OCH3 is 3. The molecule has 0 fully saturated rings. The number of nitrogens with zero attached hydrogens (tertiary/aromatic N) is 1. The van der Waals surface area contributed by atoms with Gasteiger partial charge >= 0.3 is 0 Å². The van der Waals surface area contributed by atoms with Crippen LogP contribution in [0.3, 0.4) is 0 Å². The number of aromatic nitrogens is 2. The van der Waals surface area contributed by atoms with Gasteiger partial charge in [0.2, 0.25) is 0 Å². The summed E-state index contributed by atoms with van der Waals surface area (Å²) in [4.78, 5) is 7.45. The molecule has 4 N–H and O–H groups in total. The molecule has 0 spiro atoms. The lowest BCUT2D eigenvalue weighted by Crippen LogP contribution is -2.27. The van der Waals surface area contributed by atoms with Crippen molar-refractivity contribution < 1.29 is 23.0 Å². The molecule has 0 radical (unpaired) electrons. The van der Waals surface area contributed by atoms with E-state index in [1.165, 1.54) is 26.5 Å². The normalized spacial score (nSPS) is 11.6. The third kappa shape index (κ3) is 5.70. The lowest BCUT2D eigenvalue weighted by atomic mass is 10.0. The first-order chi connectivity index (χ1) is 16.5. The molecule has 0 saturated carbocycles. The maximum atomic E-state index is 14.9. The molecule has 3 aromatic rings. The highest BCUT2D eigenvalue weighted by Gasteiger charge is 2.21. The van der Waals surface area contributed by atoms with Crippen LogP contribution in [0.1, 0.15) is 16.7 Å². The number of hydrogen-bond donors (Lipinski definition) is 4. The van der Waals surface area contributed by atoms with Gasteiger partial charge < -0.3 is 35.2 Å². The van der Waals surface area contributed by atoms with Crippen molar-refractivity contribution in [2.24, 2.45) is 0 Å². The number of rotatable bonds is 13.